The van der Waals surface area contributed by atoms with E-state index in [0.717, 1.165) is 25.7 Å². The van der Waals surface area contributed by atoms with Crippen molar-refractivity contribution in [2.75, 3.05) is 7.11 Å². The second-order valence-electron chi connectivity index (χ2n) is 2.53. The quantitative estimate of drug-likeness (QED) is 0.365. The van der Waals surface area contributed by atoms with Crippen molar-refractivity contribution in [1.29, 1.82) is 0 Å². The van der Waals surface area contributed by atoms with Crippen LogP contribution in [0.5, 0.6) is 0 Å². The molecule has 0 fully saturated rings. The number of hydrogen-bond donors (Lipinski definition) is 0. The molecule has 0 aromatic rings. The number of hydrogen-bond acceptors (Lipinski definition) is 2. The smallest absolute Gasteiger partial charge is 0.305 e. The van der Waals surface area contributed by atoms with Crippen molar-refractivity contribution in [1.82, 2.24) is 0 Å². The van der Waals surface area contributed by atoms with E-state index in [2.05, 4.69) is 23.5 Å². The lowest BCUT2D eigenvalue weighted by atomic mass is 10.2. The lowest BCUT2D eigenvalue weighted by molar-refractivity contribution is -0.140. The van der Waals surface area contributed by atoms with Gasteiger partial charge in [-0.25, -0.2) is 0 Å². The molecule has 0 aliphatic heterocycles. The van der Waals surface area contributed by atoms with Crippen molar-refractivity contribution in [2.24, 2.45) is 0 Å². The number of carbonyl (C=O) groups excluding carboxylic acids is 1. The molecule has 0 amide bonds. The van der Waals surface area contributed by atoms with Gasteiger partial charge < -0.3 is 4.74 Å². The first kappa shape index (κ1) is 11.0. The first-order valence-electron chi connectivity index (χ1n) is 4.33. The maximum atomic E-state index is 10.6. The van der Waals surface area contributed by atoms with E-state index in [-0.39, 0.29) is 5.97 Å². The lowest BCUT2D eigenvalue weighted by Crippen LogP contribution is -1.98. The summed E-state index contributed by atoms with van der Waals surface area (Å²) in [6.45, 7) is 2.10. The molecule has 0 bridgehead atoms. The van der Waals surface area contributed by atoms with Crippen LogP contribution in [0.4, 0.5) is 0 Å². The van der Waals surface area contributed by atoms with Gasteiger partial charge in [-0.1, -0.05) is 6.92 Å². The Labute approximate surface area is 74.3 Å². The van der Waals surface area contributed by atoms with Gasteiger partial charge in [0, 0.05) is 19.3 Å². The van der Waals surface area contributed by atoms with Gasteiger partial charge in [-0.05, 0) is 12.8 Å². The molecule has 0 saturated carbocycles. The highest BCUT2D eigenvalue weighted by Crippen LogP contribution is 1.95. The number of unbranched alkanes of at least 4 members (excludes halogenated alkanes) is 2. The molecule has 0 aromatic heterocycles. The summed E-state index contributed by atoms with van der Waals surface area (Å²) in [5.74, 6) is 5.89. The Morgan fingerprint density at radius 3 is 2.58 bits per heavy atom. The van der Waals surface area contributed by atoms with Crippen LogP contribution in [0.25, 0.3) is 0 Å². The van der Waals surface area contributed by atoms with Crippen LogP contribution in [-0.2, 0) is 9.53 Å². The van der Waals surface area contributed by atoms with Gasteiger partial charge in [0.2, 0.25) is 0 Å². The molecule has 0 spiro atoms. The zero-order valence-electron chi connectivity index (χ0n) is 7.85. The van der Waals surface area contributed by atoms with Gasteiger partial charge in [-0.2, -0.15) is 0 Å². The highest BCUT2D eigenvalue weighted by Gasteiger charge is 1.96. The second-order valence-corrected chi connectivity index (χ2v) is 2.53. The molecule has 0 atom stereocenters. The normalized spacial score (nSPS) is 8.50. The maximum absolute atomic E-state index is 10.6. The fourth-order valence-corrected chi connectivity index (χ4v) is 0.725. The molecule has 0 unspecified atom stereocenters. The topological polar surface area (TPSA) is 26.3 Å². The van der Waals surface area contributed by atoms with Crippen molar-refractivity contribution in [3.8, 4) is 11.8 Å². The lowest BCUT2D eigenvalue weighted by Gasteiger charge is -1.94. The Morgan fingerprint density at radius 2 is 2.00 bits per heavy atom. The minimum atomic E-state index is -0.146. The Kier molecular flexibility index (Phi) is 7.47. The van der Waals surface area contributed by atoms with Gasteiger partial charge >= 0.3 is 5.97 Å². The molecular weight excluding hydrogens is 152 g/mol. The van der Waals surface area contributed by atoms with Crippen molar-refractivity contribution >= 4 is 5.97 Å². The minimum absolute atomic E-state index is 0.146. The standard InChI is InChI=1S/C10H16O2/c1-3-4-5-6-7-8-9-10(11)12-2/h3-4,7-9H2,1-2H3. The number of methoxy groups -OCH3 is 1. The summed E-state index contributed by atoms with van der Waals surface area (Å²) in [7, 11) is 1.41. The summed E-state index contributed by atoms with van der Waals surface area (Å²) in [6, 6.07) is 0. The van der Waals surface area contributed by atoms with E-state index in [1.165, 1.54) is 7.11 Å². The van der Waals surface area contributed by atoms with E-state index in [4.69, 9.17) is 0 Å². The average Bonchev–Trinajstić information content (AvgIpc) is 2.10. The second kappa shape index (κ2) is 8.13. The largest absolute Gasteiger partial charge is 0.469 e. The third-order valence-corrected chi connectivity index (χ3v) is 1.41. The zero-order chi connectivity index (χ0) is 9.23. The fraction of sp³-hybridized carbons (Fsp3) is 0.700. The molecule has 12 heavy (non-hydrogen) atoms. The van der Waals surface area contributed by atoms with Crippen LogP contribution in [0.2, 0.25) is 0 Å². The first-order valence-corrected chi connectivity index (χ1v) is 4.33. The van der Waals surface area contributed by atoms with Gasteiger partial charge in [0.1, 0.15) is 0 Å². The fourth-order valence-electron chi connectivity index (χ4n) is 0.725. The van der Waals surface area contributed by atoms with Gasteiger partial charge in [-0.3, -0.25) is 4.79 Å². The summed E-state index contributed by atoms with van der Waals surface area (Å²) >= 11 is 0. The highest BCUT2D eigenvalue weighted by atomic mass is 16.5. The summed E-state index contributed by atoms with van der Waals surface area (Å²) in [6.07, 6.45) is 4.15. The van der Waals surface area contributed by atoms with Crippen LogP contribution in [0.15, 0.2) is 0 Å². The average molecular weight is 168 g/mol. The van der Waals surface area contributed by atoms with Crippen LogP contribution < -0.4 is 0 Å². The summed E-state index contributed by atoms with van der Waals surface area (Å²) in [5.41, 5.74) is 0. The summed E-state index contributed by atoms with van der Waals surface area (Å²) in [5, 5.41) is 0. The van der Waals surface area contributed by atoms with E-state index in [1.807, 2.05) is 0 Å². The number of rotatable bonds is 4. The van der Waals surface area contributed by atoms with E-state index in [0.29, 0.717) is 6.42 Å². The Hall–Kier alpha value is -0.970. The minimum Gasteiger partial charge on any atom is -0.469 e. The molecule has 0 heterocycles. The Balaban J connectivity index is 3.22. The molecule has 68 valence electrons. The molecule has 0 rings (SSSR count). The van der Waals surface area contributed by atoms with Crippen molar-refractivity contribution in [3.05, 3.63) is 0 Å². The predicted octanol–water partition coefficient (Wildman–Crippen LogP) is 2.13. The van der Waals surface area contributed by atoms with Crippen LogP contribution in [0.1, 0.15) is 39.0 Å². The number of esters is 1. The monoisotopic (exact) mass is 168 g/mol. The third kappa shape index (κ3) is 7.14. The van der Waals surface area contributed by atoms with Gasteiger partial charge in [0.05, 0.1) is 7.11 Å². The number of ether oxygens (including phenoxy) is 1. The van der Waals surface area contributed by atoms with Crippen molar-refractivity contribution < 1.29 is 9.53 Å². The molecule has 0 aromatic carbocycles. The van der Waals surface area contributed by atoms with Crippen LogP contribution in [0, 0.1) is 11.8 Å². The highest BCUT2D eigenvalue weighted by molar-refractivity contribution is 5.69. The number of carbonyl (C=O) groups is 1. The molecule has 2 nitrogen and oxygen atoms in total. The molecule has 0 aliphatic carbocycles. The van der Waals surface area contributed by atoms with E-state index in [9.17, 15) is 4.79 Å². The van der Waals surface area contributed by atoms with Gasteiger partial charge in [0.25, 0.3) is 0 Å². The van der Waals surface area contributed by atoms with E-state index < -0.39 is 0 Å². The molecule has 0 N–H and O–H groups in total. The Morgan fingerprint density at radius 1 is 1.33 bits per heavy atom. The van der Waals surface area contributed by atoms with Crippen molar-refractivity contribution in [3.63, 3.8) is 0 Å². The van der Waals surface area contributed by atoms with Crippen LogP contribution >= 0.6 is 0 Å². The van der Waals surface area contributed by atoms with E-state index in [1.54, 1.807) is 0 Å². The van der Waals surface area contributed by atoms with Crippen molar-refractivity contribution in [2.45, 2.75) is 39.0 Å². The van der Waals surface area contributed by atoms with Crippen LogP contribution in [-0.4, -0.2) is 13.1 Å². The van der Waals surface area contributed by atoms with Gasteiger partial charge in [-0.15, -0.1) is 11.8 Å². The zero-order valence-corrected chi connectivity index (χ0v) is 7.85. The molecule has 0 radical (unpaired) electrons. The molecule has 2 heteroatoms. The SMILES string of the molecule is CCCC#CCCCC(=O)OC. The third-order valence-electron chi connectivity index (χ3n) is 1.41. The Bertz CT molecular complexity index is 174. The van der Waals surface area contributed by atoms with E-state index >= 15 is 0 Å². The molecular formula is C10H16O2. The maximum Gasteiger partial charge on any atom is 0.305 e. The van der Waals surface area contributed by atoms with Gasteiger partial charge in [0.15, 0.2) is 0 Å². The van der Waals surface area contributed by atoms with Crippen LogP contribution in [0.3, 0.4) is 0 Å². The molecule has 0 saturated heterocycles. The molecule has 0 aliphatic rings. The summed E-state index contributed by atoms with van der Waals surface area (Å²) < 4.78 is 4.49. The first-order chi connectivity index (χ1) is 5.81. The predicted molar refractivity (Wildman–Crippen MR) is 48.6 cm³/mol. The summed E-state index contributed by atoms with van der Waals surface area (Å²) in [4.78, 5) is 10.6.